The number of anilines is 1. The molecule has 0 aliphatic heterocycles. The van der Waals surface area contributed by atoms with E-state index in [1.54, 1.807) is 12.1 Å². The second kappa shape index (κ2) is 18.8. The van der Waals surface area contributed by atoms with Gasteiger partial charge in [0, 0.05) is 18.2 Å². The van der Waals surface area contributed by atoms with Crippen molar-refractivity contribution < 1.29 is 38.0 Å². The smallest absolute Gasteiger partial charge is 0.407 e. The fourth-order valence-electron chi connectivity index (χ4n) is 4.64. The molecule has 1 aliphatic carbocycles. The molecule has 3 N–H and O–H groups in total. The van der Waals surface area contributed by atoms with E-state index in [-0.39, 0.29) is 5.92 Å². The lowest BCUT2D eigenvalue weighted by molar-refractivity contribution is -0.0124. The lowest BCUT2D eigenvalue weighted by Gasteiger charge is -2.14. The van der Waals surface area contributed by atoms with Crippen LogP contribution in [0.3, 0.4) is 0 Å². The monoisotopic (exact) mass is 594 g/mol. The van der Waals surface area contributed by atoms with E-state index in [1.807, 2.05) is 36.4 Å². The molecule has 3 aromatic carbocycles. The topological polar surface area (TPSA) is 120 Å². The molecule has 1 aliphatic rings. The largest absolute Gasteiger partial charge is 0.491 e. The van der Waals surface area contributed by atoms with Crippen molar-refractivity contribution in [3.8, 4) is 16.9 Å². The average molecular weight is 595 g/mol. The van der Waals surface area contributed by atoms with Crippen molar-refractivity contribution >= 4 is 11.8 Å². The minimum atomic E-state index is -0.449. The molecular formula is C33H42N2O8. The van der Waals surface area contributed by atoms with Crippen LogP contribution in [-0.2, 0) is 28.4 Å². The Morgan fingerprint density at radius 3 is 1.60 bits per heavy atom. The number of carbonyl (C=O) groups is 1. The Morgan fingerprint density at radius 1 is 0.605 bits per heavy atom. The Bertz CT molecular complexity index is 1180. The summed E-state index contributed by atoms with van der Waals surface area (Å²) in [5.74, 6) is 0.809. The van der Waals surface area contributed by atoms with E-state index in [2.05, 4.69) is 29.6 Å². The highest BCUT2D eigenvalue weighted by Crippen LogP contribution is 2.44. The number of alkyl carbamates (subject to hydrolysis) is 1. The molecule has 0 fully saturated rings. The van der Waals surface area contributed by atoms with Crippen LogP contribution in [0.1, 0.15) is 17.0 Å². The molecule has 43 heavy (non-hydrogen) atoms. The number of amides is 1. The summed E-state index contributed by atoms with van der Waals surface area (Å²) in [5.41, 5.74) is 11.1. The lowest BCUT2D eigenvalue weighted by atomic mass is 9.98. The Kier molecular flexibility index (Phi) is 14.1. The molecule has 0 heterocycles. The van der Waals surface area contributed by atoms with Gasteiger partial charge in [-0.15, -0.1) is 0 Å². The van der Waals surface area contributed by atoms with Crippen LogP contribution in [0.4, 0.5) is 10.5 Å². The zero-order valence-electron chi connectivity index (χ0n) is 24.5. The van der Waals surface area contributed by atoms with Gasteiger partial charge in [-0.3, -0.25) is 0 Å². The van der Waals surface area contributed by atoms with E-state index in [4.69, 9.17) is 38.9 Å². The number of hydrogen-bond acceptors (Lipinski definition) is 9. The van der Waals surface area contributed by atoms with Gasteiger partial charge in [0.1, 0.15) is 19.0 Å². The van der Waals surface area contributed by atoms with Crippen molar-refractivity contribution in [3.05, 3.63) is 83.9 Å². The molecule has 0 bridgehead atoms. The minimum Gasteiger partial charge on any atom is -0.491 e. The van der Waals surface area contributed by atoms with E-state index in [0.29, 0.717) is 91.5 Å². The first kappa shape index (κ1) is 32.2. The summed E-state index contributed by atoms with van der Waals surface area (Å²) in [4.78, 5) is 12.2. The summed E-state index contributed by atoms with van der Waals surface area (Å²) in [6.45, 7) is 5.78. The Hall–Kier alpha value is -3.67. The van der Waals surface area contributed by atoms with Gasteiger partial charge in [-0.25, -0.2) is 4.79 Å². The predicted molar refractivity (Wildman–Crippen MR) is 164 cm³/mol. The molecule has 10 nitrogen and oxygen atoms in total. The molecular weight excluding hydrogens is 552 g/mol. The number of benzene rings is 3. The first-order valence-electron chi connectivity index (χ1n) is 14.7. The fourth-order valence-corrected chi connectivity index (χ4v) is 4.64. The van der Waals surface area contributed by atoms with Gasteiger partial charge in [0.15, 0.2) is 0 Å². The molecule has 0 unspecified atom stereocenters. The maximum absolute atomic E-state index is 12.2. The van der Waals surface area contributed by atoms with Crippen LogP contribution in [0.2, 0.25) is 0 Å². The number of nitrogen functional groups attached to an aromatic ring is 1. The molecule has 232 valence electrons. The van der Waals surface area contributed by atoms with Crippen molar-refractivity contribution in [2.24, 2.45) is 0 Å². The molecule has 3 aromatic rings. The number of nitrogens with one attached hydrogen (secondary N) is 1. The molecule has 0 spiro atoms. The average Bonchev–Trinajstić information content (AvgIpc) is 3.35. The highest BCUT2D eigenvalue weighted by molar-refractivity contribution is 5.79. The van der Waals surface area contributed by atoms with Gasteiger partial charge < -0.3 is 44.2 Å². The van der Waals surface area contributed by atoms with Crippen LogP contribution in [0.5, 0.6) is 5.75 Å². The van der Waals surface area contributed by atoms with Gasteiger partial charge in [-0.1, -0.05) is 48.5 Å². The van der Waals surface area contributed by atoms with E-state index in [9.17, 15) is 4.79 Å². The standard InChI is InChI=1S/C33H42N2O8/c34-26-9-11-27(12-10-26)42-24-23-41-22-21-40-20-19-39-18-17-38-16-15-37-14-13-35-33(36)43-25-32-30-7-3-1-5-28(30)29-6-2-4-8-31(29)32/h1-12,32H,13-25,34H2,(H,35,36). The molecule has 0 saturated heterocycles. The predicted octanol–water partition coefficient (Wildman–Crippen LogP) is 4.27. The van der Waals surface area contributed by atoms with Crippen LogP contribution >= 0.6 is 0 Å². The summed E-state index contributed by atoms with van der Waals surface area (Å²) in [6, 6.07) is 23.8. The Balaban J connectivity index is 0.888. The zero-order chi connectivity index (χ0) is 30.0. The maximum atomic E-state index is 12.2. The first-order valence-corrected chi connectivity index (χ1v) is 14.7. The van der Waals surface area contributed by atoms with E-state index >= 15 is 0 Å². The van der Waals surface area contributed by atoms with Crippen LogP contribution in [0, 0.1) is 0 Å². The number of ether oxygens (including phenoxy) is 7. The highest BCUT2D eigenvalue weighted by atomic mass is 16.6. The summed E-state index contributed by atoms with van der Waals surface area (Å²) < 4.78 is 38.5. The minimum absolute atomic E-state index is 0.0425. The third-order valence-corrected chi connectivity index (χ3v) is 6.72. The lowest BCUT2D eigenvalue weighted by Crippen LogP contribution is -2.29. The second-order valence-corrected chi connectivity index (χ2v) is 9.73. The number of hydrogen-bond donors (Lipinski definition) is 2. The summed E-state index contributed by atoms with van der Waals surface area (Å²) in [7, 11) is 0. The van der Waals surface area contributed by atoms with Crippen LogP contribution in [0.25, 0.3) is 11.1 Å². The third kappa shape index (κ3) is 11.2. The van der Waals surface area contributed by atoms with Gasteiger partial charge in [-0.05, 0) is 46.5 Å². The normalized spacial score (nSPS) is 12.1. The SMILES string of the molecule is Nc1ccc(OCCOCCOCCOCCOCCOCCNC(=O)OCC2c3ccccc3-c3ccccc32)cc1. The number of carbonyl (C=O) groups excluding carboxylic acids is 1. The molecule has 0 atom stereocenters. The first-order chi connectivity index (χ1) is 21.2. The quantitative estimate of drug-likeness (QED) is 0.138. The molecule has 10 heteroatoms. The Morgan fingerprint density at radius 2 is 1.07 bits per heavy atom. The van der Waals surface area contributed by atoms with E-state index in [1.165, 1.54) is 22.3 Å². The fraction of sp³-hybridized carbons (Fsp3) is 0.424. The van der Waals surface area contributed by atoms with Gasteiger partial charge >= 0.3 is 6.09 Å². The summed E-state index contributed by atoms with van der Waals surface area (Å²) >= 11 is 0. The molecule has 4 rings (SSSR count). The van der Waals surface area contributed by atoms with Crippen molar-refractivity contribution in [1.82, 2.24) is 5.32 Å². The van der Waals surface area contributed by atoms with Gasteiger partial charge in [0.2, 0.25) is 0 Å². The zero-order valence-corrected chi connectivity index (χ0v) is 24.5. The number of nitrogens with two attached hydrogens (primary N) is 1. The molecule has 0 saturated carbocycles. The summed E-state index contributed by atoms with van der Waals surface area (Å²) in [6.07, 6.45) is -0.449. The highest BCUT2D eigenvalue weighted by Gasteiger charge is 2.28. The second-order valence-electron chi connectivity index (χ2n) is 9.73. The molecule has 1 amide bonds. The van der Waals surface area contributed by atoms with Gasteiger partial charge in [0.05, 0.1) is 66.1 Å². The number of rotatable bonds is 21. The number of fused-ring (bicyclic) bond motifs is 3. The van der Waals surface area contributed by atoms with Crippen molar-refractivity contribution in [1.29, 1.82) is 0 Å². The maximum Gasteiger partial charge on any atom is 0.407 e. The summed E-state index contributed by atoms with van der Waals surface area (Å²) in [5, 5.41) is 2.74. The van der Waals surface area contributed by atoms with Gasteiger partial charge in [-0.2, -0.15) is 0 Å². The molecule has 0 aromatic heterocycles. The van der Waals surface area contributed by atoms with Crippen LogP contribution in [0.15, 0.2) is 72.8 Å². The van der Waals surface area contributed by atoms with E-state index < -0.39 is 6.09 Å². The van der Waals surface area contributed by atoms with Crippen LogP contribution in [-0.4, -0.2) is 91.9 Å². The van der Waals surface area contributed by atoms with E-state index in [0.717, 1.165) is 5.75 Å². The third-order valence-electron chi connectivity index (χ3n) is 6.72. The van der Waals surface area contributed by atoms with Gasteiger partial charge in [0.25, 0.3) is 0 Å². The van der Waals surface area contributed by atoms with Crippen molar-refractivity contribution in [2.75, 3.05) is 91.6 Å². The molecule has 0 radical (unpaired) electrons. The van der Waals surface area contributed by atoms with Crippen molar-refractivity contribution in [2.45, 2.75) is 5.92 Å². The van der Waals surface area contributed by atoms with Crippen LogP contribution < -0.4 is 15.8 Å². The van der Waals surface area contributed by atoms with Crippen molar-refractivity contribution in [3.63, 3.8) is 0 Å². The Labute approximate surface area is 253 Å².